The summed E-state index contributed by atoms with van der Waals surface area (Å²) in [6.07, 6.45) is -3.40. The van der Waals surface area contributed by atoms with E-state index in [-0.39, 0.29) is 12.0 Å². The van der Waals surface area contributed by atoms with Crippen molar-refractivity contribution in [3.05, 3.63) is 11.8 Å². The molecular weight excluding hydrogens is 223 g/mol. The largest absolute Gasteiger partial charge is 0.454 e. The first kappa shape index (κ1) is 13.0. The number of ether oxygens (including phenoxy) is 1. The summed E-state index contributed by atoms with van der Waals surface area (Å²) in [4.78, 5) is 12.7. The number of carbonyl (C=O) groups excluding carboxylic acids is 1. The molecule has 0 aliphatic carbocycles. The number of halogens is 3. The minimum absolute atomic E-state index is 0.0791. The Morgan fingerprint density at radius 3 is 2.38 bits per heavy atom. The molecule has 0 radical (unpaired) electrons. The van der Waals surface area contributed by atoms with E-state index in [0.717, 1.165) is 0 Å². The number of rotatable bonds is 3. The molecule has 0 aromatic carbocycles. The summed E-state index contributed by atoms with van der Waals surface area (Å²) in [7, 11) is 0. The number of nitrogens with zero attached hydrogens (tertiary/aromatic N) is 1. The van der Waals surface area contributed by atoms with Crippen LogP contribution in [0.1, 0.15) is 13.3 Å². The highest BCUT2D eigenvalue weighted by atomic mass is 19.4. The molecule has 6 heteroatoms. The van der Waals surface area contributed by atoms with Gasteiger partial charge in [0.25, 0.3) is 5.78 Å². The zero-order valence-electron chi connectivity index (χ0n) is 9.01. The summed E-state index contributed by atoms with van der Waals surface area (Å²) < 4.78 is 41.7. The molecule has 3 nitrogen and oxygen atoms in total. The van der Waals surface area contributed by atoms with Crippen molar-refractivity contribution >= 4 is 5.78 Å². The molecule has 0 atom stereocenters. The van der Waals surface area contributed by atoms with Crippen LogP contribution >= 0.6 is 0 Å². The maximum Gasteiger partial charge on any atom is 0.454 e. The number of allylic oxidation sites excluding steroid dienone is 1. The molecule has 0 aromatic heterocycles. The fourth-order valence-corrected chi connectivity index (χ4v) is 1.42. The Balaban J connectivity index is 2.72. The van der Waals surface area contributed by atoms with E-state index in [4.69, 9.17) is 4.74 Å². The molecule has 1 aliphatic rings. The fraction of sp³-hybridized carbons (Fsp3) is 0.700. The number of ketones is 1. The lowest BCUT2D eigenvalue weighted by molar-refractivity contribution is -0.166. The van der Waals surface area contributed by atoms with Gasteiger partial charge in [0.05, 0.1) is 13.2 Å². The fourth-order valence-electron chi connectivity index (χ4n) is 1.42. The van der Waals surface area contributed by atoms with Crippen molar-refractivity contribution in [1.82, 2.24) is 4.90 Å². The minimum atomic E-state index is -4.78. The molecule has 0 saturated carbocycles. The van der Waals surface area contributed by atoms with Crippen LogP contribution in [0.4, 0.5) is 13.2 Å². The molecule has 1 saturated heterocycles. The highest BCUT2D eigenvalue weighted by Gasteiger charge is 2.40. The predicted molar refractivity (Wildman–Crippen MR) is 51.8 cm³/mol. The molecule has 0 aromatic rings. The van der Waals surface area contributed by atoms with Crippen molar-refractivity contribution in [1.29, 1.82) is 0 Å². The van der Waals surface area contributed by atoms with Crippen molar-refractivity contribution in [3.63, 3.8) is 0 Å². The molecule has 0 N–H and O–H groups in total. The lowest BCUT2D eigenvalue weighted by atomic mass is 10.1. The van der Waals surface area contributed by atoms with Gasteiger partial charge >= 0.3 is 6.18 Å². The number of alkyl halides is 3. The topological polar surface area (TPSA) is 29.5 Å². The van der Waals surface area contributed by atoms with Gasteiger partial charge in [0, 0.05) is 24.9 Å². The summed E-state index contributed by atoms with van der Waals surface area (Å²) >= 11 is 0. The van der Waals surface area contributed by atoms with E-state index < -0.39 is 12.0 Å². The van der Waals surface area contributed by atoms with Crippen molar-refractivity contribution in [2.24, 2.45) is 0 Å². The first-order chi connectivity index (χ1) is 7.45. The third-order valence-corrected chi connectivity index (χ3v) is 2.31. The van der Waals surface area contributed by atoms with E-state index >= 15 is 0 Å². The first-order valence-electron chi connectivity index (χ1n) is 5.09. The van der Waals surface area contributed by atoms with Crippen LogP contribution < -0.4 is 0 Å². The molecule has 0 unspecified atom stereocenters. The Hall–Kier alpha value is -1.04. The Bertz CT molecular complexity index is 280. The summed E-state index contributed by atoms with van der Waals surface area (Å²) in [5.41, 5.74) is -0.200. The normalized spacial score (nSPS) is 18.8. The standard InChI is InChI=1S/C10H14F3NO2/c1-2-8(9(15)10(11,12)13)7-14-3-5-16-6-4-14/h7H,2-6H2,1H3/b8-7-. The van der Waals surface area contributed by atoms with Gasteiger partial charge in [-0.05, 0) is 6.42 Å². The van der Waals surface area contributed by atoms with Gasteiger partial charge in [-0.3, -0.25) is 4.79 Å². The predicted octanol–water partition coefficient (Wildman–Crippen LogP) is 1.74. The third-order valence-electron chi connectivity index (χ3n) is 2.31. The van der Waals surface area contributed by atoms with Crippen molar-refractivity contribution in [2.45, 2.75) is 19.5 Å². The van der Waals surface area contributed by atoms with Crippen LogP contribution in [0.15, 0.2) is 11.8 Å². The van der Waals surface area contributed by atoms with Gasteiger partial charge in [-0.1, -0.05) is 6.92 Å². The summed E-state index contributed by atoms with van der Waals surface area (Å²) in [6, 6.07) is 0. The Kier molecular flexibility index (Phi) is 4.35. The highest BCUT2D eigenvalue weighted by Crippen LogP contribution is 2.22. The van der Waals surface area contributed by atoms with E-state index in [0.29, 0.717) is 26.3 Å². The van der Waals surface area contributed by atoms with Crippen LogP contribution in [-0.2, 0) is 9.53 Å². The van der Waals surface area contributed by atoms with Crippen LogP contribution in [0.3, 0.4) is 0 Å². The molecule has 1 aliphatic heterocycles. The van der Waals surface area contributed by atoms with Crippen molar-refractivity contribution < 1.29 is 22.7 Å². The van der Waals surface area contributed by atoms with E-state index in [2.05, 4.69) is 0 Å². The van der Waals surface area contributed by atoms with E-state index in [1.165, 1.54) is 13.1 Å². The Morgan fingerprint density at radius 1 is 1.38 bits per heavy atom. The zero-order chi connectivity index (χ0) is 12.2. The second kappa shape index (κ2) is 5.34. The highest BCUT2D eigenvalue weighted by molar-refractivity contribution is 5.99. The maximum absolute atomic E-state index is 12.2. The molecular formula is C10H14F3NO2. The van der Waals surface area contributed by atoms with Crippen LogP contribution in [0.5, 0.6) is 0 Å². The second-order valence-electron chi connectivity index (χ2n) is 3.48. The van der Waals surface area contributed by atoms with Crippen molar-refractivity contribution in [2.75, 3.05) is 26.3 Å². The average Bonchev–Trinajstić information content (AvgIpc) is 2.25. The van der Waals surface area contributed by atoms with Gasteiger partial charge in [-0.2, -0.15) is 13.2 Å². The summed E-state index contributed by atoms with van der Waals surface area (Å²) in [5, 5.41) is 0. The molecule has 1 fully saturated rings. The molecule has 1 heterocycles. The van der Waals surface area contributed by atoms with Crippen LogP contribution in [0.25, 0.3) is 0 Å². The van der Waals surface area contributed by atoms with E-state index in [9.17, 15) is 18.0 Å². The minimum Gasteiger partial charge on any atom is -0.378 e. The average molecular weight is 237 g/mol. The summed E-state index contributed by atoms with van der Waals surface area (Å²) in [5.74, 6) is -1.75. The van der Waals surface area contributed by atoms with Crippen LogP contribution in [0.2, 0.25) is 0 Å². The van der Waals surface area contributed by atoms with Gasteiger partial charge in [0.2, 0.25) is 0 Å². The van der Waals surface area contributed by atoms with Gasteiger partial charge in [-0.15, -0.1) is 0 Å². The van der Waals surface area contributed by atoms with E-state index in [1.54, 1.807) is 4.90 Å². The number of hydrogen-bond donors (Lipinski definition) is 0. The Labute approximate surface area is 91.9 Å². The quantitative estimate of drug-likeness (QED) is 0.700. The number of carbonyl (C=O) groups is 1. The zero-order valence-corrected chi connectivity index (χ0v) is 9.01. The number of Topliss-reactive ketones (excluding diaryl/α,β-unsaturated/α-hetero) is 1. The molecule has 0 amide bonds. The molecule has 16 heavy (non-hydrogen) atoms. The molecule has 0 spiro atoms. The lowest BCUT2D eigenvalue weighted by Gasteiger charge is -2.26. The summed E-state index contributed by atoms with van der Waals surface area (Å²) in [6.45, 7) is 3.54. The maximum atomic E-state index is 12.2. The van der Waals surface area contributed by atoms with Gasteiger partial charge < -0.3 is 9.64 Å². The SMILES string of the molecule is CC/C(=C/N1CCOCC1)C(=O)C(F)(F)F. The third kappa shape index (κ3) is 3.52. The van der Waals surface area contributed by atoms with Gasteiger partial charge in [-0.25, -0.2) is 0 Å². The lowest BCUT2D eigenvalue weighted by Crippen LogP contribution is -2.34. The van der Waals surface area contributed by atoms with Crippen LogP contribution in [0, 0.1) is 0 Å². The molecule has 0 bridgehead atoms. The number of hydrogen-bond acceptors (Lipinski definition) is 3. The molecule has 1 rings (SSSR count). The first-order valence-corrected chi connectivity index (χ1v) is 5.09. The van der Waals surface area contributed by atoms with Crippen molar-refractivity contribution in [3.8, 4) is 0 Å². The van der Waals surface area contributed by atoms with E-state index in [1.807, 2.05) is 0 Å². The van der Waals surface area contributed by atoms with Gasteiger partial charge in [0.15, 0.2) is 0 Å². The monoisotopic (exact) mass is 237 g/mol. The Morgan fingerprint density at radius 2 is 1.94 bits per heavy atom. The number of morpholine rings is 1. The molecule has 92 valence electrons. The smallest absolute Gasteiger partial charge is 0.378 e. The second-order valence-corrected chi connectivity index (χ2v) is 3.48. The van der Waals surface area contributed by atoms with Crippen LogP contribution in [-0.4, -0.2) is 43.2 Å². The van der Waals surface area contributed by atoms with Gasteiger partial charge in [0.1, 0.15) is 0 Å².